The number of aromatic nitrogens is 2. The number of amides is 2. The Morgan fingerprint density at radius 1 is 1.12 bits per heavy atom. The van der Waals surface area contributed by atoms with E-state index in [0.29, 0.717) is 44.6 Å². The van der Waals surface area contributed by atoms with Crippen molar-refractivity contribution in [3.63, 3.8) is 0 Å². The second kappa shape index (κ2) is 9.40. The number of nitrogens with zero attached hydrogens (tertiary/aromatic N) is 5. The van der Waals surface area contributed by atoms with Crippen LogP contribution in [0, 0.1) is 11.3 Å². The van der Waals surface area contributed by atoms with Crippen molar-refractivity contribution in [1.29, 1.82) is 5.26 Å². The first-order valence-electron chi connectivity index (χ1n) is 11.4. The smallest absolute Gasteiger partial charge is 0.414 e. The molecule has 8 nitrogen and oxygen atoms in total. The number of piperidine rings is 1. The fourth-order valence-corrected chi connectivity index (χ4v) is 4.68. The second-order valence-electron chi connectivity index (χ2n) is 8.66. The number of ether oxygens (including phenoxy) is 1. The normalized spacial score (nSPS) is 16.0. The van der Waals surface area contributed by atoms with Gasteiger partial charge in [-0.25, -0.2) is 9.78 Å². The van der Waals surface area contributed by atoms with Crippen LogP contribution in [0.1, 0.15) is 35.2 Å². The molecule has 0 saturated carbocycles. The van der Waals surface area contributed by atoms with Gasteiger partial charge in [0.2, 0.25) is 5.91 Å². The molecule has 1 fully saturated rings. The molecule has 0 N–H and O–H groups in total. The Labute approximate surface area is 198 Å². The molecule has 0 spiro atoms. The zero-order valence-electron chi connectivity index (χ0n) is 18.8. The number of cyclic esters (lactones) is 1. The molecule has 2 aromatic carbocycles. The van der Waals surface area contributed by atoms with Crippen LogP contribution in [0.2, 0.25) is 0 Å². The summed E-state index contributed by atoms with van der Waals surface area (Å²) < 4.78 is 7.34. The molecule has 2 aliphatic rings. The summed E-state index contributed by atoms with van der Waals surface area (Å²) >= 11 is 0. The van der Waals surface area contributed by atoms with Crippen molar-refractivity contribution in [2.24, 2.45) is 0 Å². The van der Waals surface area contributed by atoms with Gasteiger partial charge in [0.05, 0.1) is 30.1 Å². The average molecular weight is 456 g/mol. The Morgan fingerprint density at radius 3 is 2.65 bits per heavy atom. The maximum atomic E-state index is 13.0. The van der Waals surface area contributed by atoms with Crippen LogP contribution in [-0.4, -0.2) is 45.6 Å². The number of anilines is 1. The fourth-order valence-electron chi connectivity index (χ4n) is 4.68. The molecular weight excluding hydrogens is 430 g/mol. The molecule has 34 heavy (non-hydrogen) atoms. The summed E-state index contributed by atoms with van der Waals surface area (Å²) in [6.45, 7) is 2.09. The molecule has 5 rings (SSSR count). The van der Waals surface area contributed by atoms with E-state index in [-0.39, 0.29) is 24.5 Å². The molecule has 0 aliphatic carbocycles. The summed E-state index contributed by atoms with van der Waals surface area (Å²) in [6.07, 6.45) is 4.84. The van der Waals surface area contributed by atoms with Crippen molar-refractivity contribution >= 4 is 17.7 Å². The molecular formula is C26H25N5O3. The van der Waals surface area contributed by atoms with Crippen molar-refractivity contribution in [3.05, 3.63) is 83.4 Å². The third-order valence-corrected chi connectivity index (χ3v) is 6.55. The van der Waals surface area contributed by atoms with E-state index < -0.39 is 0 Å². The first kappa shape index (κ1) is 21.7. The fraction of sp³-hybridized carbons (Fsp3) is 0.308. The van der Waals surface area contributed by atoms with Crippen LogP contribution in [0.3, 0.4) is 0 Å². The van der Waals surface area contributed by atoms with E-state index in [2.05, 4.69) is 11.1 Å². The molecule has 2 aliphatic heterocycles. The van der Waals surface area contributed by atoms with Crippen molar-refractivity contribution in [2.75, 3.05) is 18.0 Å². The SMILES string of the molecule is N#Cc1ccc(Cn2cncc2CC(=O)N2CCC(N3C(=O)OCc4ccccc43)CC2)cc1. The maximum absolute atomic E-state index is 13.0. The molecule has 0 radical (unpaired) electrons. The molecule has 3 aromatic rings. The molecule has 2 amide bonds. The Morgan fingerprint density at radius 2 is 1.88 bits per heavy atom. The lowest BCUT2D eigenvalue weighted by Gasteiger charge is -2.40. The van der Waals surface area contributed by atoms with Gasteiger partial charge in [-0.3, -0.25) is 9.69 Å². The Balaban J connectivity index is 1.20. The summed E-state index contributed by atoms with van der Waals surface area (Å²) in [5, 5.41) is 8.97. The van der Waals surface area contributed by atoms with Gasteiger partial charge in [0.25, 0.3) is 0 Å². The minimum Gasteiger partial charge on any atom is -0.444 e. The molecule has 0 bridgehead atoms. The van der Waals surface area contributed by atoms with Crippen molar-refractivity contribution < 1.29 is 14.3 Å². The molecule has 8 heteroatoms. The van der Waals surface area contributed by atoms with Crippen LogP contribution in [-0.2, 0) is 29.1 Å². The van der Waals surface area contributed by atoms with Gasteiger partial charge in [0.1, 0.15) is 6.61 Å². The predicted octanol–water partition coefficient (Wildman–Crippen LogP) is 3.49. The zero-order chi connectivity index (χ0) is 23.5. The first-order chi connectivity index (χ1) is 16.6. The molecule has 0 atom stereocenters. The molecule has 0 unspecified atom stereocenters. The van der Waals surface area contributed by atoms with Crippen molar-refractivity contribution in [2.45, 2.75) is 38.5 Å². The average Bonchev–Trinajstić information content (AvgIpc) is 3.30. The van der Waals surface area contributed by atoms with Gasteiger partial charge in [-0.2, -0.15) is 5.26 Å². The standard InChI is InChI=1S/C26H25N5O3/c27-14-19-5-7-20(8-6-19)16-30-18-28-15-23(30)13-25(32)29-11-9-22(10-12-29)31-24-4-2-1-3-21(24)17-34-26(31)33/h1-8,15,18,22H,9-13,16-17H2. The minimum atomic E-state index is -0.310. The number of rotatable bonds is 5. The van der Waals surface area contributed by atoms with E-state index in [9.17, 15) is 9.59 Å². The number of hydrogen-bond donors (Lipinski definition) is 0. The molecule has 1 aromatic heterocycles. The lowest BCUT2D eigenvalue weighted by atomic mass is 10.0. The maximum Gasteiger partial charge on any atom is 0.414 e. The van der Waals surface area contributed by atoms with Gasteiger partial charge in [0.15, 0.2) is 0 Å². The van der Waals surface area contributed by atoms with Crippen LogP contribution in [0.25, 0.3) is 0 Å². The highest BCUT2D eigenvalue weighted by Crippen LogP contribution is 2.31. The number of fused-ring (bicyclic) bond motifs is 1. The summed E-state index contributed by atoms with van der Waals surface area (Å²) in [5.41, 5.74) is 4.44. The Kier molecular flexibility index (Phi) is 6.00. The predicted molar refractivity (Wildman–Crippen MR) is 125 cm³/mol. The minimum absolute atomic E-state index is 0.0138. The third kappa shape index (κ3) is 4.37. The van der Waals surface area contributed by atoms with E-state index >= 15 is 0 Å². The van der Waals surface area contributed by atoms with Gasteiger partial charge < -0.3 is 14.2 Å². The van der Waals surface area contributed by atoms with Crippen LogP contribution in [0.4, 0.5) is 10.5 Å². The van der Waals surface area contributed by atoms with Gasteiger partial charge >= 0.3 is 6.09 Å². The number of carbonyl (C=O) groups is 2. The number of imidazole rings is 1. The highest BCUT2D eigenvalue weighted by Gasteiger charge is 2.35. The van der Waals surface area contributed by atoms with Crippen LogP contribution in [0.15, 0.2) is 61.1 Å². The van der Waals surface area contributed by atoms with Crippen LogP contribution < -0.4 is 4.90 Å². The lowest BCUT2D eigenvalue weighted by molar-refractivity contribution is -0.131. The van der Waals surface area contributed by atoms with E-state index in [1.807, 2.05) is 45.9 Å². The highest BCUT2D eigenvalue weighted by molar-refractivity contribution is 5.91. The number of carbonyl (C=O) groups excluding carboxylic acids is 2. The van der Waals surface area contributed by atoms with E-state index in [1.165, 1.54) is 0 Å². The number of para-hydroxylation sites is 1. The molecule has 1 saturated heterocycles. The van der Waals surface area contributed by atoms with E-state index in [1.54, 1.807) is 29.6 Å². The first-order valence-corrected chi connectivity index (χ1v) is 11.4. The monoisotopic (exact) mass is 455 g/mol. The largest absolute Gasteiger partial charge is 0.444 e. The van der Waals surface area contributed by atoms with Gasteiger partial charge in [-0.15, -0.1) is 0 Å². The van der Waals surface area contributed by atoms with E-state index in [4.69, 9.17) is 10.00 Å². The van der Waals surface area contributed by atoms with Crippen LogP contribution >= 0.6 is 0 Å². The summed E-state index contributed by atoms with van der Waals surface area (Å²) in [4.78, 5) is 33.4. The van der Waals surface area contributed by atoms with Crippen LogP contribution in [0.5, 0.6) is 0 Å². The number of benzene rings is 2. The van der Waals surface area contributed by atoms with Crippen molar-refractivity contribution in [3.8, 4) is 6.07 Å². The Hall–Kier alpha value is -4.12. The topological polar surface area (TPSA) is 91.5 Å². The number of likely N-dealkylation sites (tertiary alicyclic amines) is 1. The number of hydrogen-bond acceptors (Lipinski definition) is 5. The zero-order valence-corrected chi connectivity index (χ0v) is 18.8. The molecule has 3 heterocycles. The molecule has 172 valence electrons. The third-order valence-electron chi connectivity index (χ3n) is 6.55. The summed E-state index contributed by atoms with van der Waals surface area (Å²) in [6, 6.07) is 17.4. The second-order valence-corrected chi connectivity index (χ2v) is 8.66. The van der Waals surface area contributed by atoms with Gasteiger partial charge in [0, 0.05) is 43.1 Å². The quantitative estimate of drug-likeness (QED) is 0.587. The highest BCUT2D eigenvalue weighted by atomic mass is 16.6. The van der Waals surface area contributed by atoms with Gasteiger partial charge in [-0.05, 0) is 36.6 Å². The number of nitriles is 1. The summed E-state index contributed by atoms with van der Waals surface area (Å²) in [7, 11) is 0. The van der Waals surface area contributed by atoms with Crippen molar-refractivity contribution in [1.82, 2.24) is 14.5 Å². The Bertz CT molecular complexity index is 1240. The lowest BCUT2D eigenvalue weighted by Crippen LogP contribution is -2.50. The van der Waals surface area contributed by atoms with Gasteiger partial charge in [-0.1, -0.05) is 30.3 Å². The summed E-state index contributed by atoms with van der Waals surface area (Å²) in [5.74, 6) is 0.0571. The van der Waals surface area contributed by atoms with E-state index in [0.717, 1.165) is 22.5 Å².